The minimum absolute atomic E-state index is 0.0871. The highest BCUT2D eigenvalue weighted by atomic mass is 32.2. The molecule has 0 aliphatic carbocycles. The lowest BCUT2D eigenvalue weighted by molar-refractivity contribution is -0.384. The van der Waals surface area contributed by atoms with Gasteiger partial charge in [-0.25, -0.2) is 13.1 Å². The first-order chi connectivity index (χ1) is 9.77. The molecule has 0 amide bonds. The van der Waals surface area contributed by atoms with E-state index in [0.29, 0.717) is 18.4 Å². The fourth-order valence-corrected chi connectivity index (χ4v) is 3.67. The number of rotatable bonds is 8. The molecule has 0 aromatic heterocycles. The first-order valence-electron chi connectivity index (χ1n) is 6.63. The van der Waals surface area contributed by atoms with Crippen molar-refractivity contribution >= 4 is 15.7 Å². The Morgan fingerprint density at radius 1 is 1.24 bits per heavy atom. The molecule has 0 unspecified atom stereocenters. The number of hydrogen-bond donors (Lipinski definition) is 2. The Kier molecular flexibility index (Phi) is 5.82. The van der Waals surface area contributed by atoms with Gasteiger partial charge in [0.1, 0.15) is 0 Å². The van der Waals surface area contributed by atoms with Crippen LogP contribution in [0.5, 0.6) is 0 Å². The van der Waals surface area contributed by atoms with E-state index in [2.05, 4.69) is 4.72 Å². The van der Waals surface area contributed by atoms with Crippen molar-refractivity contribution in [2.24, 2.45) is 0 Å². The molecular formula is C13H20N2O5S. The normalized spacial score (nSPS) is 12.3. The van der Waals surface area contributed by atoms with E-state index in [0.717, 1.165) is 0 Å². The molecule has 1 aromatic rings. The van der Waals surface area contributed by atoms with Crippen LogP contribution in [0.25, 0.3) is 0 Å². The van der Waals surface area contributed by atoms with E-state index in [-0.39, 0.29) is 18.0 Å². The van der Waals surface area contributed by atoms with Gasteiger partial charge in [-0.2, -0.15) is 0 Å². The van der Waals surface area contributed by atoms with Crippen LogP contribution in [0.15, 0.2) is 24.3 Å². The van der Waals surface area contributed by atoms with E-state index >= 15 is 0 Å². The number of nitro groups is 1. The second-order valence-corrected chi connectivity index (χ2v) is 6.65. The summed E-state index contributed by atoms with van der Waals surface area (Å²) in [5, 5.41) is 20.0. The summed E-state index contributed by atoms with van der Waals surface area (Å²) >= 11 is 0. The second-order valence-electron chi connectivity index (χ2n) is 4.93. The third-order valence-corrected chi connectivity index (χ3v) is 4.99. The quantitative estimate of drug-likeness (QED) is 0.559. The smallest absolute Gasteiger partial charge is 0.269 e. The molecule has 21 heavy (non-hydrogen) atoms. The maximum absolute atomic E-state index is 12.2. The highest BCUT2D eigenvalue weighted by Gasteiger charge is 2.30. The largest absolute Gasteiger partial charge is 0.394 e. The van der Waals surface area contributed by atoms with Crippen LogP contribution < -0.4 is 4.72 Å². The van der Waals surface area contributed by atoms with Crippen LogP contribution in [0.2, 0.25) is 0 Å². The maximum Gasteiger partial charge on any atom is 0.269 e. The summed E-state index contributed by atoms with van der Waals surface area (Å²) in [6, 6.07) is 5.36. The first-order valence-corrected chi connectivity index (χ1v) is 8.28. The monoisotopic (exact) mass is 316 g/mol. The highest BCUT2D eigenvalue weighted by molar-refractivity contribution is 7.88. The van der Waals surface area contributed by atoms with Gasteiger partial charge in [0.05, 0.1) is 22.8 Å². The van der Waals surface area contributed by atoms with E-state index in [1.54, 1.807) is 13.8 Å². The molecule has 0 atom stereocenters. The predicted octanol–water partition coefficient (Wildman–Crippen LogP) is 1.57. The minimum atomic E-state index is -3.64. The van der Waals surface area contributed by atoms with Crippen molar-refractivity contribution in [3.05, 3.63) is 39.9 Å². The Balaban J connectivity index is 2.87. The number of nitrogens with zero attached hydrogens (tertiary/aromatic N) is 1. The molecule has 0 radical (unpaired) electrons. The molecular weight excluding hydrogens is 296 g/mol. The number of aliphatic hydroxyl groups excluding tert-OH is 1. The van der Waals surface area contributed by atoms with Gasteiger partial charge >= 0.3 is 0 Å². The van der Waals surface area contributed by atoms with Gasteiger partial charge in [0.15, 0.2) is 0 Å². The number of benzene rings is 1. The zero-order valence-corrected chi connectivity index (χ0v) is 12.9. The molecule has 0 heterocycles. The third kappa shape index (κ3) is 4.76. The predicted molar refractivity (Wildman–Crippen MR) is 79.3 cm³/mol. The van der Waals surface area contributed by atoms with Crippen LogP contribution in [-0.2, 0) is 15.8 Å². The average Bonchev–Trinajstić information content (AvgIpc) is 2.45. The number of non-ortho nitro benzene ring substituents is 1. The zero-order chi connectivity index (χ0) is 16.1. The van der Waals surface area contributed by atoms with Gasteiger partial charge in [-0.05, 0) is 18.4 Å². The molecule has 0 aliphatic heterocycles. The maximum atomic E-state index is 12.2. The van der Waals surface area contributed by atoms with Gasteiger partial charge in [-0.1, -0.05) is 26.0 Å². The van der Waals surface area contributed by atoms with E-state index in [1.165, 1.54) is 24.3 Å². The lowest BCUT2D eigenvalue weighted by Gasteiger charge is -2.30. The molecule has 1 aromatic carbocycles. The minimum Gasteiger partial charge on any atom is -0.394 e. The van der Waals surface area contributed by atoms with E-state index < -0.39 is 20.5 Å². The zero-order valence-electron chi connectivity index (χ0n) is 12.1. The van der Waals surface area contributed by atoms with Crippen molar-refractivity contribution in [2.75, 3.05) is 6.61 Å². The number of hydrogen-bond acceptors (Lipinski definition) is 5. The van der Waals surface area contributed by atoms with E-state index in [1.807, 2.05) is 0 Å². The lowest BCUT2D eigenvalue weighted by Crippen LogP contribution is -2.50. The Labute approximate surface area is 124 Å². The van der Waals surface area contributed by atoms with Crippen molar-refractivity contribution in [3.63, 3.8) is 0 Å². The van der Waals surface area contributed by atoms with Crippen LogP contribution >= 0.6 is 0 Å². The van der Waals surface area contributed by atoms with Gasteiger partial charge < -0.3 is 5.11 Å². The van der Waals surface area contributed by atoms with E-state index in [9.17, 15) is 23.6 Å². The molecule has 0 bridgehead atoms. The van der Waals surface area contributed by atoms with Crippen LogP contribution in [0.1, 0.15) is 32.3 Å². The fraction of sp³-hybridized carbons (Fsp3) is 0.538. The molecule has 118 valence electrons. The van der Waals surface area contributed by atoms with Gasteiger partial charge in [0.2, 0.25) is 10.0 Å². The van der Waals surface area contributed by atoms with E-state index in [4.69, 9.17) is 0 Å². The van der Waals surface area contributed by atoms with Crippen LogP contribution in [-0.4, -0.2) is 30.6 Å². The van der Waals surface area contributed by atoms with Crippen LogP contribution in [0, 0.1) is 10.1 Å². The highest BCUT2D eigenvalue weighted by Crippen LogP contribution is 2.18. The fourth-order valence-electron chi connectivity index (χ4n) is 1.95. The van der Waals surface area contributed by atoms with Crippen molar-refractivity contribution in [1.82, 2.24) is 4.72 Å². The molecule has 0 spiro atoms. The van der Waals surface area contributed by atoms with Crippen molar-refractivity contribution < 1.29 is 18.4 Å². The topological polar surface area (TPSA) is 110 Å². The van der Waals surface area contributed by atoms with Gasteiger partial charge in [-0.15, -0.1) is 0 Å². The Hall–Kier alpha value is -1.51. The average molecular weight is 316 g/mol. The van der Waals surface area contributed by atoms with Crippen molar-refractivity contribution in [2.45, 2.75) is 38.0 Å². The Morgan fingerprint density at radius 3 is 2.14 bits per heavy atom. The summed E-state index contributed by atoms with van der Waals surface area (Å²) < 4.78 is 26.8. The molecule has 0 fully saturated rings. The van der Waals surface area contributed by atoms with Gasteiger partial charge in [0.25, 0.3) is 5.69 Å². The summed E-state index contributed by atoms with van der Waals surface area (Å²) in [6.45, 7) is 3.32. The SMILES string of the molecule is CCC(CC)(CO)NS(=O)(=O)Cc1ccc([N+](=O)[O-])cc1. The first kappa shape index (κ1) is 17.5. The number of sulfonamides is 1. The molecule has 0 saturated heterocycles. The van der Waals surface area contributed by atoms with Gasteiger partial charge in [-0.3, -0.25) is 10.1 Å². The Bertz CT molecular complexity index is 571. The van der Waals surface area contributed by atoms with Crippen LogP contribution in [0.3, 0.4) is 0 Å². The van der Waals surface area contributed by atoms with Crippen molar-refractivity contribution in [3.8, 4) is 0 Å². The van der Waals surface area contributed by atoms with Crippen molar-refractivity contribution in [1.29, 1.82) is 0 Å². The molecule has 8 heteroatoms. The number of nitrogens with one attached hydrogen (secondary N) is 1. The second kappa shape index (κ2) is 6.97. The molecule has 1 rings (SSSR count). The molecule has 0 aliphatic rings. The third-order valence-electron chi connectivity index (χ3n) is 3.53. The summed E-state index contributed by atoms with van der Waals surface area (Å²) in [4.78, 5) is 10.0. The number of aliphatic hydroxyl groups is 1. The summed E-state index contributed by atoms with van der Waals surface area (Å²) in [6.07, 6.45) is 0.943. The number of nitro benzene ring substituents is 1. The van der Waals surface area contributed by atoms with Gasteiger partial charge in [0, 0.05) is 12.1 Å². The molecule has 2 N–H and O–H groups in total. The lowest BCUT2D eigenvalue weighted by atomic mass is 9.96. The standard InChI is InChI=1S/C13H20N2O5S/c1-3-13(4-2,10-16)14-21(19,20)9-11-5-7-12(8-6-11)15(17)18/h5-8,14,16H,3-4,9-10H2,1-2H3. The summed E-state index contributed by atoms with van der Waals surface area (Å²) in [7, 11) is -3.64. The van der Waals surface area contributed by atoms with Crippen LogP contribution in [0.4, 0.5) is 5.69 Å². The molecule has 7 nitrogen and oxygen atoms in total. The molecule has 0 saturated carbocycles. The summed E-state index contributed by atoms with van der Waals surface area (Å²) in [5.74, 6) is -0.285. The summed E-state index contributed by atoms with van der Waals surface area (Å²) in [5.41, 5.74) is -0.498. The Morgan fingerprint density at radius 2 is 1.76 bits per heavy atom.